The molecule has 15 N–H and O–H groups in total. The third kappa shape index (κ3) is 16.6. The second kappa shape index (κ2) is 29.1. The van der Waals surface area contributed by atoms with Gasteiger partial charge in [0.15, 0.2) is 6.04 Å². The fourth-order valence-corrected chi connectivity index (χ4v) is 11.0. The minimum Gasteiger partial charge on any atom is -0.480 e. The van der Waals surface area contributed by atoms with Crippen molar-refractivity contribution in [2.45, 2.75) is 184 Å². The monoisotopic (exact) mass is 1150 g/mol. The zero-order chi connectivity index (χ0) is 59.9. The number of rotatable bonds is 28. The number of likely N-dealkylation sites (tertiary alicyclic amines) is 4. The summed E-state index contributed by atoms with van der Waals surface area (Å²) >= 11 is 0. The molecular weight excluding hydrogens is 1070 g/mol. The van der Waals surface area contributed by atoms with Crippen LogP contribution in [0.2, 0.25) is 0 Å². The first-order valence-electron chi connectivity index (χ1n) is 27.9. The number of H-pyrrole nitrogens is 2. The first kappa shape index (κ1) is 63.2. The van der Waals surface area contributed by atoms with Gasteiger partial charge >= 0.3 is 5.97 Å². The topological polar surface area (TPSA) is 454 Å². The molecule has 450 valence electrons. The summed E-state index contributed by atoms with van der Waals surface area (Å²) in [7, 11) is 0. The molecule has 11 amide bonds. The lowest BCUT2D eigenvalue weighted by Crippen LogP contribution is -2.60. The average Bonchev–Trinajstić information content (AvgIpc) is 4.42. The number of hydrogen-bond acceptors (Lipinski definition) is 16. The molecule has 0 radical (unpaired) electrons. The molecule has 0 unspecified atom stereocenters. The molecular formula is C52H78N16O14. The van der Waals surface area contributed by atoms with Gasteiger partial charge in [0.2, 0.25) is 65.0 Å². The molecule has 0 spiro atoms. The van der Waals surface area contributed by atoms with Gasteiger partial charge in [-0.05, 0) is 83.5 Å². The van der Waals surface area contributed by atoms with E-state index in [0.29, 0.717) is 37.1 Å². The van der Waals surface area contributed by atoms with Crippen LogP contribution in [0.25, 0.3) is 0 Å². The first-order chi connectivity index (χ1) is 38.9. The van der Waals surface area contributed by atoms with Crippen LogP contribution in [0.15, 0.2) is 25.0 Å². The van der Waals surface area contributed by atoms with E-state index in [1.54, 1.807) is 0 Å². The van der Waals surface area contributed by atoms with Crippen molar-refractivity contribution in [1.29, 1.82) is 0 Å². The Balaban J connectivity index is 1.15. The van der Waals surface area contributed by atoms with Crippen LogP contribution in [-0.2, 0) is 70.4 Å². The van der Waals surface area contributed by atoms with Crippen LogP contribution in [0, 0.1) is 5.92 Å². The van der Waals surface area contributed by atoms with Crippen LogP contribution in [-0.4, -0.2) is 213 Å². The molecule has 11 atom stereocenters. The molecule has 30 heteroatoms. The molecule has 30 nitrogen and oxygen atoms in total. The van der Waals surface area contributed by atoms with Crippen molar-refractivity contribution in [3.63, 3.8) is 0 Å². The van der Waals surface area contributed by atoms with Crippen molar-refractivity contribution in [2.75, 3.05) is 26.2 Å². The molecule has 0 aliphatic carbocycles. The molecule has 4 aliphatic heterocycles. The molecule has 2 aromatic heterocycles. The standard InChI is InChI=1S/C52H78N16O14/c1-27(2)20-35(50(79)68-19-7-11-39(68)51(80)67-18-6-10-38(67)47(76)64-42(28(3)69)52(81)82)63-46(75)37-9-5-17-66(37)49(78)33(13-15-41(55)71)61-44(73)34(22-30-24-57-26-59-30)62-45(74)36-8-4-16-65(36)48(77)32(12-14-40(54)70)60-43(72)31(53)21-29-23-56-25-58-29/h23-28,31-39,42,69H,4-22,53H2,1-3H3,(H2,54,70)(H2,55,71)(H,56,58)(H,57,59)(H,60,72)(H,61,73)(H,62,74)(H,63,75)(H,64,76)(H,81,82)/t28-,31+,32+,33+,34+,35+,36+,37+,38+,39+,42+/m1/s1. The van der Waals surface area contributed by atoms with Crippen molar-refractivity contribution in [3.05, 3.63) is 36.4 Å². The van der Waals surface area contributed by atoms with E-state index in [0.717, 1.165) is 0 Å². The lowest BCUT2D eigenvalue weighted by atomic mass is 10.0. The van der Waals surface area contributed by atoms with E-state index in [2.05, 4.69) is 46.5 Å². The zero-order valence-corrected chi connectivity index (χ0v) is 46.4. The van der Waals surface area contributed by atoms with Crippen molar-refractivity contribution >= 4 is 70.9 Å². The van der Waals surface area contributed by atoms with Crippen molar-refractivity contribution in [3.8, 4) is 0 Å². The summed E-state index contributed by atoms with van der Waals surface area (Å²) in [5.74, 6) is -9.51. The van der Waals surface area contributed by atoms with Gasteiger partial charge in [-0.15, -0.1) is 0 Å². The Morgan fingerprint density at radius 1 is 0.573 bits per heavy atom. The van der Waals surface area contributed by atoms with Crippen LogP contribution < -0.4 is 43.8 Å². The number of nitrogens with two attached hydrogens (primary N) is 3. The Morgan fingerprint density at radius 2 is 0.988 bits per heavy atom. The number of aromatic amines is 2. The van der Waals surface area contributed by atoms with Crippen LogP contribution >= 0.6 is 0 Å². The molecule has 0 saturated carbocycles. The summed E-state index contributed by atoms with van der Waals surface area (Å²) < 4.78 is 0. The number of carboxylic acids is 1. The number of aromatic nitrogens is 4. The van der Waals surface area contributed by atoms with E-state index in [4.69, 9.17) is 17.2 Å². The van der Waals surface area contributed by atoms with E-state index in [1.807, 2.05) is 13.8 Å². The normalized spacial score (nSPS) is 21.4. The molecule has 6 heterocycles. The fourth-order valence-electron chi connectivity index (χ4n) is 11.0. The van der Waals surface area contributed by atoms with E-state index >= 15 is 0 Å². The largest absolute Gasteiger partial charge is 0.480 e. The number of carbonyl (C=O) groups excluding carboxylic acids is 11. The minimum atomic E-state index is -1.61. The smallest absolute Gasteiger partial charge is 0.328 e. The molecule has 2 aromatic rings. The maximum absolute atomic E-state index is 14.7. The number of nitrogens with zero attached hydrogens (tertiary/aromatic N) is 6. The predicted molar refractivity (Wildman–Crippen MR) is 287 cm³/mol. The third-order valence-corrected chi connectivity index (χ3v) is 15.2. The van der Waals surface area contributed by atoms with Gasteiger partial charge in [0.25, 0.3) is 0 Å². The highest BCUT2D eigenvalue weighted by Crippen LogP contribution is 2.28. The number of aliphatic hydroxyl groups is 1. The summed E-state index contributed by atoms with van der Waals surface area (Å²) in [6.45, 7) is 5.32. The molecule has 0 aromatic carbocycles. The maximum atomic E-state index is 14.7. The number of hydrogen-bond donors (Lipinski definition) is 12. The van der Waals surface area contributed by atoms with Crippen LogP contribution in [0.1, 0.15) is 116 Å². The van der Waals surface area contributed by atoms with Gasteiger partial charge < -0.3 is 83.6 Å². The number of carboxylic acid groups (broad SMARTS) is 1. The van der Waals surface area contributed by atoms with E-state index in [1.165, 1.54) is 51.6 Å². The highest BCUT2D eigenvalue weighted by molar-refractivity contribution is 5.99. The first-order valence-corrected chi connectivity index (χ1v) is 27.9. The van der Waals surface area contributed by atoms with E-state index in [-0.39, 0.29) is 103 Å². The van der Waals surface area contributed by atoms with Crippen molar-refractivity contribution in [1.82, 2.24) is 66.1 Å². The maximum Gasteiger partial charge on any atom is 0.328 e. The highest BCUT2D eigenvalue weighted by atomic mass is 16.4. The molecule has 6 rings (SSSR count). The van der Waals surface area contributed by atoms with Gasteiger partial charge in [0.05, 0.1) is 24.8 Å². The van der Waals surface area contributed by atoms with Crippen LogP contribution in [0.3, 0.4) is 0 Å². The zero-order valence-electron chi connectivity index (χ0n) is 46.4. The number of aliphatic carboxylic acids is 1. The second-order valence-electron chi connectivity index (χ2n) is 21.9. The summed E-state index contributed by atoms with van der Waals surface area (Å²) in [6, 6.07) is -12.5. The van der Waals surface area contributed by atoms with Crippen molar-refractivity contribution < 1.29 is 67.7 Å². The molecule has 4 fully saturated rings. The number of aliphatic hydroxyl groups excluding tert-OH is 1. The summed E-state index contributed by atoms with van der Waals surface area (Å²) in [5, 5.41) is 32.6. The minimum absolute atomic E-state index is 0.0390. The number of primary amides is 2. The highest BCUT2D eigenvalue weighted by Gasteiger charge is 2.46. The molecule has 4 saturated heterocycles. The summed E-state index contributed by atoms with van der Waals surface area (Å²) in [5.41, 5.74) is 18.0. The SMILES string of the molecule is CC(C)C[C@H](NC(=O)[C@@H]1CCCN1C(=O)[C@H](CCC(N)=O)NC(=O)[C@H](Cc1cnc[nH]1)NC(=O)[C@@H]1CCCN1C(=O)[C@H](CCC(N)=O)NC(=O)[C@@H](N)Cc1cnc[nH]1)C(=O)N1CCC[C@H]1C(=O)N1CCC[C@H]1C(=O)N[C@H](C(=O)O)[C@@H](C)O. The predicted octanol–water partition coefficient (Wildman–Crippen LogP) is -4.32. The van der Waals surface area contributed by atoms with Crippen molar-refractivity contribution in [2.24, 2.45) is 23.1 Å². The lowest BCUT2D eigenvalue weighted by molar-refractivity contribution is -0.150. The fraction of sp³-hybridized carbons (Fsp3) is 0.654. The second-order valence-corrected chi connectivity index (χ2v) is 21.9. The van der Waals surface area contributed by atoms with Gasteiger partial charge in [-0.3, -0.25) is 52.7 Å². The number of nitrogens with one attached hydrogen (secondary N) is 7. The average molecular weight is 1150 g/mol. The Kier molecular flexibility index (Phi) is 22.4. The Morgan fingerprint density at radius 3 is 1.44 bits per heavy atom. The number of carbonyl (C=O) groups is 12. The van der Waals surface area contributed by atoms with Gasteiger partial charge in [-0.2, -0.15) is 0 Å². The van der Waals surface area contributed by atoms with Gasteiger partial charge in [-0.1, -0.05) is 13.8 Å². The van der Waals surface area contributed by atoms with Crippen LogP contribution in [0.4, 0.5) is 0 Å². The summed E-state index contributed by atoms with van der Waals surface area (Å²) in [4.78, 5) is 182. The lowest BCUT2D eigenvalue weighted by Gasteiger charge is -2.34. The van der Waals surface area contributed by atoms with Gasteiger partial charge in [0.1, 0.15) is 48.3 Å². The molecule has 82 heavy (non-hydrogen) atoms. The number of amides is 11. The third-order valence-electron chi connectivity index (χ3n) is 15.2. The van der Waals surface area contributed by atoms with Gasteiger partial charge in [-0.25, -0.2) is 14.8 Å². The summed E-state index contributed by atoms with van der Waals surface area (Å²) in [6.07, 6.45) is 5.34. The Labute approximate surface area is 472 Å². The van der Waals surface area contributed by atoms with Gasteiger partial charge in [0, 0.05) is 75.6 Å². The molecule has 4 aliphatic rings. The molecule has 0 bridgehead atoms. The Bertz CT molecular complexity index is 2630. The quantitative estimate of drug-likeness (QED) is 0.0383. The number of imidazole rings is 2. The van der Waals surface area contributed by atoms with E-state index in [9.17, 15) is 67.7 Å². The Hall–Kier alpha value is -8.02. The van der Waals surface area contributed by atoms with E-state index < -0.39 is 137 Å². The van der Waals surface area contributed by atoms with Crippen LogP contribution in [0.5, 0.6) is 0 Å².